The van der Waals surface area contributed by atoms with E-state index in [9.17, 15) is 0 Å². The lowest BCUT2D eigenvalue weighted by Gasteiger charge is -2.26. The van der Waals surface area contributed by atoms with E-state index in [4.69, 9.17) is 0 Å². The maximum absolute atomic E-state index is 4.25. The molecule has 0 saturated carbocycles. The lowest BCUT2D eigenvalue weighted by Crippen LogP contribution is -2.39. The van der Waals surface area contributed by atoms with Crippen LogP contribution in [0.2, 0.25) is 0 Å². The van der Waals surface area contributed by atoms with Gasteiger partial charge in [-0.15, -0.1) is 11.3 Å². The van der Waals surface area contributed by atoms with Crippen molar-refractivity contribution in [1.82, 2.24) is 15.2 Å². The van der Waals surface area contributed by atoms with Gasteiger partial charge in [0.05, 0.1) is 11.2 Å². The smallest absolute Gasteiger partial charge is 0.0798 e. The van der Waals surface area contributed by atoms with Crippen LogP contribution >= 0.6 is 11.3 Å². The van der Waals surface area contributed by atoms with Gasteiger partial charge < -0.3 is 5.32 Å². The molecule has 3 nitrogen and oxygen atoms in total. The molecular formula is C12H23N3S. The number of likely N-dealkylation sites (N-methyl/N-ethyl adjacent to an activating group) is 1. The summed E-state index contributed by atoms with van der Waals surface area (Å²) in [6.45, 7) is 13.0. The molecule has 0 spiro atoms. The summed E-state index contributed by atoms with van der Waals surface area (Å²) in [5, 5.41) is 3.51. The van der Waals surface area contributed by atoms with Crippen molar-refractivity contribution in [2.24, 2.45) is 0 Å². The Balaban J connectivity index is 2.27. The fraction of sp³-hybridized carbons (Fsp3) is 0.750. The quantitative estimate of drug-likeness (QED) is 0.794. The van der Waals surface area contributed by atoms with Crippen molar-refractivity contribution < 1.29 is 0 Å². The highest BCUT2D eigenvalue weighted by molar-refractivity contribution is 7.09. The van der Waals surface area contributed by atoms with Crippen molar-refractivity contribution in [2.45, 2.75) is 40.3 Å². The molecule has 1 rings (SSSR count). The van der Waals surface area contributed by atoms with Crippen molar-refractivity contribution in [1.29, 1.82) is 0 Å². The maximum Gasteiger partial charge on any atom is 0.0798 e. The third-order valence-corrected chi connectivity index (χ3v) is 3.94. The van der Waals surface area contributed by atoms with E-state index in [1.54, 1.807) is 11.3 Å². The Morgan fingerprint density at radius 1 is 1.44 bits per heavy atom. The van der Waals surface area contributed by atoms with Gasteiger partial charge in [-0.25, -0.2) is 4.98 Å². The normalized spacial score (nSPS) is 13.3. The van der Waals surface area contributed by atoms with Gasteiger partial charge in [0.25, 0.3) is 0 Å². The zero-order valence-corrected chi connectivity index (χ0v) is 11.6. The molecule has 0 aliphatic rings. The number of thiazole rings is 1. The Morgan fingerprint density at radius 3 is 2.62 bits per heavy atom. The summed E-state index contributed by atoms with van der Waals surface area (Å²) < 4.78 is 0. The molecule has 1 heterocycles. The van der Waals surface area contributed by atoms with Crippen LogP contribution in [-0.4, -0.2) is 35.6 Å². The number of hydrogen-bond donors (Lipinski definition) is 1. The van der Waals surface area contributed by atoms with Gasteiger partial charge in [0, 0.05) is 24.0 Å². The van der Waals surface area contributed by atoms with Gasteiger partial charge in [-0.05, 0) is 26.9 Å². The molecule has 0 bridgehead atoms. The Kier molecular flexibility index (Phi) is 5.95. The highest BCUT2D eigenvalue weighted by atomic mass is 32.1. The molecule has 1 unspecified atom stereocenters. The highest BCUT2D eigenvalue weighted by Crippen LogP contribution is 2.11. The van der Waals surface area contributed by atoms with Crippen LogP contribution in [0.25, 0.3) is 0 Å². The molecule has 16 heavy (non-hydrogen) atoms. The first-order chi connectivity index (χ1) is 7.69. The van der Waals surface area contributed by atoms with E-state index in [0.29, 0.717) is 6.04 Å². The number of nitrogens with zero attached hydrogens (tertiary/aromatic N) is 2. The number of aryl methyl sites for hydroxylation is 1. The second kappa shape index (κ2) is 6.99. The molecule has 1 N–H and O–H groups in total. The average Bonchev–Trinajstić information content (AvgIpc) is 2.66. The van der Waals surface area contributed by atoms with Crippen molar-refractivity contribution in [3.8, 4) is 0 Å². The number of aromatic nitrogens is 1. The zero-order valence-electron chi connectivity index (χ0n) is 10.8. The molecule has 92 valence electrons. The Morgan fingerprint density at radius 2 is 2.12 bits per heavy atom. The minimum absolute atomic E-state index is 0.600. The number of nitrogens with one attached hydrogen (secondary N) is 1. The minimum atomic E-state index is 0.600. The summed E-state index contributed by atoms with van der Waals surface area (Å²) >= 11 is 1.73. The van der Waals surface area contributed by atoms with Gasteiger partial charge >= 0.3 is 0 Å². The van der Waals surface area contributed by atoms with E-state index in [0.717, 1.165) is 31.9 Å². The van der Waals surface area contributed by atoms with Crippen LogP contribution in [0.5, 0.6) is 0 Å². The standard InChI is InChI=1S/C12H23N3S/c1-5-15(6-2)10(3)7-13-8-12-11(4)14-9-16-12/h9-10,13H,5-8H2,1-4H3. The number of rotatable bonds is 7. The first-order valence-electron chi connectivity index (χ1n) is 6.02. The first kappa shape index (κ1) is 13.6. The fourth-order valence-corrected chi connectivity index (χ4v) is 2.61. The average molecular weight is 241 g/mol. The van der Waals surface area contributed by atoms with Crippen LogP contribution in [0.4, 0.5) is 0 Å². The third kappa shape index (κ3) is 3.85. The molecule has 1 atom stereocenters. The summed E-state index contributed by atoms with van der Waals surface area (Å²) in [5.41, 5.74) is 3.08. The van der Waals surface area contributed by atoms with E-state index in [-0.39, 0.29) is 0 Å². The Labute approximate surface area is 103 Å². The van der Waals surface area contributed by atoms with Crippen molar-refractivity contribution >= 4 is 11.3 Å². The molecule has 0 aliphatic heterocycles. The molecule has 0 saturated heterocycles. The van der Waals surface area contributed by atoms with E-state index in [1.807, 2.05) is 5.51 Å². The lowest BCUT2D eigenvalue weighted by molar-refractivity contribution is 0.226. The summed E-state index contributed by atoms with van der Waals surface area (Å²) in [7, 11) is 0. The van der Waals surface area contributed by atoms with Crippen molar-refractivity contribution in [3.63, 3.8) is 0 Å². The van der Waals surface area contributed by atoms with Gasteiger partial charge in [-0.2, -0.15) is 0 Å². The SMILES string of the molecule is CCN(CC)C(C)CNCc1scnc1C. The van der Waals surface area contributed by atoms with E-state index >= 15 is 0 Å². The van der Waals surface area contributed by atoms with Gasteiger partial charge in [-0.3, -0.25) is 4.90 Å². The third-order valence-electron chi connectivity index (χ3n) is 3.01. The van der Waals surface area contributed by atoms with Crippen LogP contribution in [-0.2, 0) is 6.54 Å². The molecule has 1 aromatic rings. The predicted octanol–water partition coefficient (Wildman–Crippen LogP) is 2.27. The van der Waals surface area contributed by atoms with Gasteiger partial charge in [0.1, 0.15) is 0 Å². The van der Waals surface area contributed by atoms with Gasteiger partial charge in [0.2, 0.25) is 0 Å². The Hall–Kier alpha value is -0.450. The monoisotopic (exact) mass is 241 g/mol. The van der Waals surface area contributed by atoms with Crippen LogP contribution in [0, 0.1) is 6.92 Å². The molecule has 0 fully saturated rings. The summed E-state index contributed by atoms with van der Waals surface area (Å²) in [6, 6.07) is 0.600. The minimum Gasteiger partial charge on any atom is -0.310 e. The molecule has 0 amide bonds. The zero-order chi connectivity index (χ0) is 12.0. The molecule has 1 aromatic heterocycles. The highest BCUT2D eigenvalue weighted by Gasteiger charge is 2.09. The van der Waals surface area contributed by atoms with E-state index in [1.165, 1.54) is 4.88 Å². The van der Waals surface area contributed by atoms with Gasteiger partial charge in [-0.1, -0.05) is 13.8 Å². The summed E-state index contributed by atoms with van der Waals surface area (Å²) in [5.74, 6) is 0. The summed E-state index contributed by atoms with van der Waals surface area (Å²) in [4.78, 5) is 8.07. The van der Waals surface area contributed by atoms with Crippen LogP contribution < -0.4 is 5.32 Å². The van der Waals surface area contributed by atoms with Crippen LogP contribution in [0.1, 0.15) is 31.3 Å². The van der Waals surface area contributed by atoms with Crippen LogP contribution in [0.15, 0.2) is 5.51 Å². The molecule has 0 aliphatic carbocycles. The fourth-order valence-electron chi connectivity index (χ4n) is 1.87. The van der Waals surface area contributed by atoms with Crippen molar-refractivity contribution in [2.75, 3.05) is 19.6 Å². The second-order valence-corrected chi connectivity index (χ2v) is 5.00. The predicted molar refractivity (Wildman–Crippen MR) is 70.9 cm³/mol. The molecule has 0 aromatic carbocycles. The largest absolute Gasteiger partial charge is 0.310 e. The van der Waals surface area contributed by atoms with E-state index < -0.39 is 0 Å². The molecule has 0 radical (unpaired) electrons. The van der Waals surface area contributed by atoms with Gasteiger partial charge in [0.15, 0.2) is 0 Å². The summed E-state index contributed by atoms with van der Waals surface area (Å²) in [6.07, 6.45) is 0. The lowest BCUT2D eigenvalue weighted by atomic mass is 10.2. The van der Waals surface area contributed by atoms with E-state index in [2.05, 4.69) is 42.9 Å². The maximum atomic E-state index is 4.25. The number of hydrogen-bond acceptors (Lipinski definition) is 4. The van der Waals surface area contributed by atoms with Crippen molar-refractivity contribution in [3.05, 3.63) is 16.1 Å². The first-order valence-corrected chi connectivity index (χ1v) is 6.90. The Bertz CT molecular complexity index is 294. The second-order valence-electron chi connectivity index (χ2n) is 4.06. The molecule has 4 heteroatoms. The molecular weight excluding hydrogens is 218 g/mol. The van der Waals surface area contributed by atoms with Crippen LogP contribution in [0.3, 0.4) is 0 Å². The topological polar surface area (TPSA) is 28.2 Å².